The number of halogens is 3. The van der Waals surface area contributed by atoms with Gasteiger partial charge in [0, 0.05) is 7.05 Å². The zero-order valence-electron chi connectivity index (χ0n) is 5.59. The van der Waals surface area contributed by atoms with Gasteiger partial charge in [-0.05, 0) is 22.6 Å². The van der Waals surface area contributed by atoms with Crippen molar-refractivity contribution in [3.05, 3.63) is 9.90 Å². The van der Waals surface area contributed by atoms with Crippen LogP contribution in [0.2, 0.25) is 0 Å². The topological polar surface area (TPSA) is 27.1 Å². The van der Waals surface area contributed by atoms with Crippen molar-refractivity contribution in [3.8, 4) is 5.75 Å². The Kier molecular flexibility index (Phi) is 2.63. The van der Waals surface area contributed by atoms with Gasteiger partial charge < -0.3 is 4.74 Å². The van der Waals surface area contributed by atoms with Crippen LogP contribution in [0.3, 0.4) is 0 Å². The zero-order chi connectivity index (χ0) is 8.43. The van der Waals surface area contributed by atoms with Crippen molar-refractivity contribution < 1.29 is 13.5 Å². The summed E-state index contributed by atoms with van der Waals surface area (Å²) in [5.74, 6) is 0.114. The van der Waals surface area contributed by atoms with Crippen LogP contribution in [0.5, 0.6) is 5.75 Å². The summed E-state index contributed by atoms with van der Waals surface area (Å²) in [7, 11) is 1.64. The van der Waals surface area contributed by atoms with E-state index in [-0.39, 0.29) is 5.75 Å². The smallest absolute Gasteiger partial charge is 0.387 e. The normalized spacial score (nSPS) is 10.6. The predicted octanol–water partition coefficient (Wildman–Crippen LogP) is 1.63. The van der Waals surface area contributed by atoms with Gasteiger partial charge in [-0.25, -0.2) is 0 Å². The lowest BCUT2D eigenvalue weighted by Gasteiger charge is -1.98. The molecule has 0 radical (unpaired) electrons. The molecule has 0 bridgehead atoms. The summed E-state index contributed by atoms with van der Waals surface area (Å²) in [4.78, 5) is 0. The molecule has 0 aromatic carbocycles. The fourth-order valence-electron chi connectivity index (χ4n) is 0.615. The lowest BCUT2D eigenvalue weighted by atomic mass is 10.7. The minimum atomic E-state index is -2.78. The molecule has 1 heterocycles. The van der Waals surface area contributed by atoms with Crippen molar-refractivity contribution in [2.75, 3.05) is 0 Å². The monoisotopic (exact) mass is 274 g/mol. The second-order valence-electron chi connectivity index (χ2n) is 1.84. The van der Waals surface area contributed by atoms with Crippen LogP contribution in [0.25, 0.3) is 0 Å². The van der Waals surface area contributed by atoms with Crippen molar-refractivity contribution in [1.82, 2.24) is 9.78 Å². The first kappa shape index (κ1) is 8.69. The summed E-state index contributed by atoms with van der Waals surface area (Å²) in [5.41, 5.74) is 0. The molecule has 6 heteroatoms. The van der Waals surface area contributed by atoms with Gasteiger partial charge in [0.1, 0.15) is 0 Å². The van der Waals surface area contributed by atoms with Crippen LogP contribution in [-0.2, 0) is 7.05 Å². The van der Waals surface area contributed by atoms with Crippen LogP contribution >= 0.6 is 22.6 Å². The maximum atomic E-state index is 11.6. The van der Waals surface area contributed by atoms with E-state index in [1.807, 2.05) is 22.6 Å². The van der Waals surface area contributed by atoms with Crippen molar-refractivity contribution in [2.24, 2.45) is 7.05 Å². The van der Waals surface area contributed by atoms with Gasteiger partial charge in [0.25, 0.3) is 0 Å². The van der Waals surface area contributed by atoms with Crippen molar-refractivity contribution in [3.63, 3.8) is 0 Å². The Balaban J connectivity index is 2.77. The first-order valence-corrected chi connectivity index (χ1v) is 3.81. The predicted molar refractivity (Wildman–Crippen MR) is 42.6 cm³/mol. The Morgan fingerprint density at radius 1 is 1.73 bits per heavy atom. The van der Waals surface area contributed by atoms with Crippen LogP contribution < -0.4 is 4.74 Å². The highest BCUT2D eigenvalue weighted by Gasteiger charge is 2.10. The Hall–Kier alpha value is -0.400. The highest BCUT2D eigenvalue weighted by atomic mass is 127. The molecule has 1 aromatic heterocycles. The largest absolute Gasteiger partial charge is 0.430 e. The van der Waals surface area contributed by atoms with E-state index < -0.39 is 6.61 Å². The standard InChI is InChI=1S/C5H5F2IN2O/c1-10-2-3(4(8)9-10)11-5(6)7/h2,5H,1H3. The van der Waals surface area contributed by atoms with E-state index in [4.69, 9.17) is 0 Å². The van der Waals surface area contributed by atoms with Crippen LogP contribution in [-0.4, -0.2) is 16.4 Å². The maximum Gasteiger partial charge on any atom is 0.387 e. The molecule has 0 aliphatic carbocycles. The molecule has 0 saturated heterocycles. The number of nitrogens with zero attached hydrogens (tertiary/aromatic N) is 2. The molecule has 0 atom stereocenters. The quantitative estimate of drug-likeness (QED) is 0.766. The molecule has 0 aliphatic rings. The number of ether oxygens (including phenoxy) is 1. The number of rotatable bonds is 2. The first-order chi connectivity index (χ1) is 5.09. The highest BCUT2D eigenvalue weighted by Crippen LogP contribution is 2.19. The number of aromatic nitrogens is 2. The van der Waals surface area contributed by atoms with E-state index in [1.165, 1.54) is 10.9 Å². The van der Waals surface area contributed by atoms with Gasteiger partial charge in [0.2, 0.25) is 0 Å². The molecule has 0 aliphatic heterocycles. The minimum absolute atomic E-state index is 0.114. The second kappa shape index (κ2) is 3.33. The molecule has 0 N–H and O–H groups in total. The van der Waals surface area contributed by atoms with Gasteiger partial charge >= 0.3 is 6.61 Å². The fraction of sp³-hybridized carbons (Fsp3) is 0.400. The van der Waals surface area contributed by atoms with Crippen molar-refractivity contribution in [2.45, 2.75) is 6.61 Å². The molecule has 0 saturated carbocycles. The maximum absolute atomic E-state index is 11.6. The van der Waals surface area contributed by atoms with Crippen molar-refractivity contribution >= 4 is 22.6 Å². The van der Waals surface area contributed by atoms with Crippen LogP contribution in [0.15, 0.2) is 6.20 Å². The molecule has 11 heavy (non-hydrogen) atoms. The van der Waals surface area contributed by atoms with E-state index in [9.17, 15) is 8.78 Å². The summed E-state index contributed by atoms with van der Waals surface area (Å²) in [6.45, 7) is -2.78. The number of hydrogen-bond donors (Lipinski definition) is 0. The van der Waals surface area contributed by atoms with Gasteiger partial charge in [0.05, 0.1) is 6.20 Å². The third kappa shape index (κ3) is 2.28. The Morgan fingerprint density at radius 2 is 2.36 bits per heavy atom. The molecule has 1 aromatic rings. The van der Waals surface area contributed by atoms with E-state index in [0.717, 1.165) is 0 Å². The van der Waals surface area contributed by atoms with E-state index >= 15 is 0 Å². The van der Waals surface area contributed by atoms with E-state index in [0.29, 0.717) is 3.70 Å². The third-order valence-corrected chi connectivity index (χ3v) is 1.72. The number of hydrogen-bond acceptors (Lipinski definition) is 2. The average Bonchev–Trinajstić information content (AvgIpc) is 2.09. The Morgan fingerprint density at radius 3 is 2.73 bits per heavy atom. The molecular weight excluding hydrogens is 269 g/mol. The average molecular weight is 274 g/mol. The summed E-state index contributed by atoms with van der Waals surface area (Å²) < 4.78 is 29.3. The van der Waals surface area contributed by atoms with E-state index in [1.54, 1.807) is 7.05 Å². The molecule has 0 fully saturated rings. The molecule has 1 rings (SSSR count). The molecule has 0 spiro atoms. The molecule has 0 unspecified atom stereocenters. The van der Waals surface area contributed by atoms with Crippen LogP contribution in [0.1, 0.15) is 0 Å². The number of alkyl halides is 2. The lowest BCUT2D eigenvalue weighted by molar-refractivity contribution is -0.0504. The highest BCUT2D eigenvalue weighted by molar-refractivity contribution is 14.1. The zero-order valence-corrected chi connectivity index (χ0v) is 7.75. The van der Waals surface area contributed by atoms with E-state index in [2.05, 4.69) is 9.84 Å². The van der Waals surface area contributed by atoms with Gasteiger partial charge in [-0.2, -0.15) is 13.9 Å². The summed E-state index contributed by atoms with van der Waals surface area (Å²) in [6.07, 6.45) is 1.40. The van der Waals surface area contributed by atoms with Gasteiger partial charge in [-0.3, -0.25) is 4.68 Å². The molecule has 0 amide bonds. The minimum Gasteiger partial charge on any atom is -0.430 e. The molecule has 62 valence electrons. The second-order valence-corrected chi connectivity index (χ2v) is 2.86. The third-order valence-electron chi connectivity index (χ3n) is 0.969. The SMILES string of the molecule is Cn1cc(OC(F)F)c(I)n1. The summed E-state index contributed by atoms with van der Waals surface area (Å²) >= 11 is 1.82. The van der Waals surface area contributed by atoms with Gasteiger partial charge in [-0.1, -0.05) is 0 Å². The Labute approximate surface area is 75.5 Å². The summed E-state index contributed by atoms with van der Waals surface area (Å²) in [5, 5.41) is 3.81. The molecule has 3 nitrogen and oxygen atoms in total. The molecular formula is C5H5F2IN2O. The van der Waals surface area contributed by atoms with Gasteiger partial charge in [0.15, 0.2) is 9.45 Å². The first-order valence-electron chi connectivity index (χ1n) is 2.73. The summed E-state index contributed by atoms with van der Waals surface area (Å²) in [6, 6.07) is 0. The Bertz CT molecular complexity index is 251. The van der Waals surface area contributed by atoms with Crippen molar-refractivity contribution in [1.29, 1.82) is 0 Å². The number of aryl methyl sites for hydroxylation is 1. The van der Waals surface area contributed by atoms with Crippen LogP contribution in [0, 0.1) is 3.70 Å². The fourth-order valence-corrected chi connectivity index (χ4v) is 1.22. The lowest BCUT2D eigenvalue weighted by Crippen LogP contribution is -2.01. The van der Waals surface area contributed by atoms with Gasteiger partial charge in [-0.15, -0.1) is 0 Å². The van der Waals surface area contributed by atoms with Crippen LogP contribution in [0.4, 0.5) is 8.78 Å².